The molecule has 0 saturated carbocycles. The Morgan fingerprint density at radius 1 is 1.47 bits per heavy atom. The van der Waals surface area contributed by atoms with E-state index >= 15 is 0 Å². The molecule has 0 fully saturated rings. The molecule has 0 rings (SSSR count). The van der Waals surface area contributed by atoms with E-state index in [2.05, 4.69) is 24.9 Å². The third-order valence-corrected chi connectivity index (χ3v) is 2.38. The van der Waals surface area contributed by atoms with Gasteiger partial charge in [-0.15, -0.1) is 0 Å². The number of nitrogens with zero attached hydrogens (tertiary/aromatic N) is 2. The van der Waals surface area contributed by atoms with Crippen LogP contribution in [0.25, 0.3) is 0 Å². The Hall–Kier alpha value is -1.12. The summed E-state index contributed by atoms with van der Waals surface area (Å²) < 4.78 is 0. The highest BCUT2D eigenvalue weighted by molar-refractivity contribution is 5.94. The van der Waals surface area contributed by atoms with Crippen molar-refractivity contribution in [1.29, 1.82) is 5.41 Å². The van der Waals surface area contributed by atoms with Gasteiger partial charge < -0.3 is 4.90 Å². The fraction of sp³-hybridized carbons (Fsp3) is 0.667. The molecule has 1 N–H and O–H groups in total. The van der Waals surface area contributed by atoms with Gasteiger partial charge >= 0.3 is 0 Å². The maximum Gasteiger partial charge on any atom is 0.218 e. The van der Waals surface area contributed by atoms with Gasteiger partial charge in [-0.05, 0) is 34.1 Å². The van der Waals surface area contributed by atoms with Crippen LogP contribution < -0.4 is 0 Å². The minimum absolute atomic E-state index is 0.237. The third kappa shape index (κ3) is 4.77. The molecule has 1 atom stereocenters. The number of hydrogen-bond donors (Lipinski definition) is 1. The van der Waals surface area contributed by atoms with Crippen molar-refractivity contribution in [2.45, 2.75) is 47.1 Å². The van der Waals surface area contributed by atoms with Crippen LogP contribution in [0, 0.1) is 5.41 Å². The molecule has 0 spiro atoms. The zero-order valence-electron chi connectivity index (χ0n) is 10.5. The molecule has 0 aliphatic rings. The van der Waals surface area contributed by atoms with E-state index in [1.165, 1.54) is 0 Å². The highest BCUT2D eigenvalue weighted by Gasteiger charge is 2.11. The summed E-state index contributed by atoms with van der Waals surface area (Å²) in [5.41, 5.74) is 1.01. The van der Waals surface area contributed by atoms with Gasteiger partial charge in [0.25, 0.3) is 0 Å². The SMILES string of the molecule is CC=CC(C)N(CC)C(=N)N=C(C)CC. The van der Waals surface area contributed by atoms with Crippen LogP contribution in [-0.2, 0) is 0 Å². The normalized spacial score (nSPS) is 14.3. The minimum atomic E-state index is 0.237. The second kappa shape index (κ2) is 7.21. The van der Waals surface area contributed by atoms with Gasteiger partial charge in [-0.25, -0.2) is 4.99 Å². The maximum absolute atomic E-state index is 7.89. The summed E-state index contributed by atoms with van der Waals surface area (Å²) in [6.07, 6.45) is 4.99. The molecule has 3 nitrogen and oxygen atoms in total. The second-order valence-electron chi connectivity index (χ2n) is 3.58. The lowest BCUT2D eigenvalue weighted by Gasteiger charge is -2.26. The van der Waals surface area contributed by atoms with Crippen LogP contribution in [0.5, 0.6) is 0 Å². The van der Waals surface area contributed by atoms with E-state index in [1.54, 1.807) is 0 Å². The van der Waals surface area contributed by atoms with Gasteiger partial charge in [0.1, 0.15) is 0 Å². The number of likely N-dealkylation sites (N-methyl/N-ethyl adjacent to an activating group) is 1. The van der Waals surface area contributed by atoms with Crippen LogP contribution >= 0.6 is 0 Å². The van der Waals surface area contributed by atoms with Crippen LogP contribution in [0.2, 0.25) is 0 Å². The average Bonchev–Trinajstić information content (AvgIpc) is 2.19. The molecule has 0 saturated heterocycles. The van der Waals surface area contributed by atoms with Crippen molar-refractivity contribution in [3.63, 3.8) is 0 Å². The predicted octanol–water partition coefficient (Wildman–Crippen LogP) is 3.08. The first kappa shape index (κ1) is 13.9. The van der Waals surface area contributed by atoms with Gasteiger partial charge in [0.15, 0.2) is 0 Å². The summed E-state index contributed by atoms with van der Waals surface area (Å²) >= 11 is 0. The summed E-state index contributed by atoms with van der Waals surface area (Å²) in [5.74, 6) is 0.363. The fourth-order valence-electron chi connectivity index (χ4n) is 1.34. The zero-order valence-corrected chi connectivity index (χ0v) is 10.5. The molecule has 15 heavy (non-hydrogen) atoms. The Morgan fingerprint density at radius 3 is 2.47 bits per heavy atom. The monoisotopic (exact) mass is 209 g/mol. The van der Waals surface area contributed by atoms with Crippen molar-refractivity contribution in [2.24, 2.45) is 4.99 Å². The zero-order chi connectivity index (χ0) is 11.8. The summed E-state index contributed by atoms with van der Waals surface area (Å²) in [5, 5.41) is 7.89. The van der Waals surface area contributed by atoms with E-state index in [9.17, 15) is 0 Å². The number of guanidine groups is 1. The van der Waals surface area contributed by atoms with Crippen molar-refractivity contribution in [3.05, 3.63) is 12.2 Å². The molecular weight excluding hydrogens is 186 g/mol. The average molecular weight is 209 g/mol. The Morgan fingerprint density at radius 2 is 2.07 bits per heavy atom. The first-order chi connectivity index (χ1) is 7.06. The molecule has 0 aliphatic heterocycles. The lowest BCUT2D eigenvalue weighted by atomic mass is 10.2. The summed E-state index contributed by atoms with van der Waals surface area (Å²) in [7, 11) is 0. The number of nitrogens with one attached hydrogen (secondary N) is 1. The van der Waals surface area contributed by atoms with Gasteiger partial charge in [0, 0.05) is 18.3 Å². The molecule has 0 aromatic rings. The van der Waals surface area contributed by atoms with Gasteiger partial charge in [0.05, 0.1) is 0 Å². The van der Waals surface area contributed by atoms with Crippen molar-refractivity contribution >= 4 is 11.7 Å². The van der Waals surface area contributed by atoms with Crippen molar-refractivity contribution < 1.29 is 0 Å². The highest BCUT2D eigenvalue weighted by atomic mass is 15.3. The van der Waals surface area contributed by atoms with E-state index in [0.717, 1.165) is 18.7 Å². The van der Waals surface area contributed by atoms with Gasteiger partial charge in [0.2, 0.25) is 5.96 Å². The number of hydrogen-bond acceptors (Lipinski definition) is 1. The molecular formula is C12H23N3. The molecule has 0 aromatic heterocycles. The smallest absolute Gasteiger partial charge is 0.218 e. The first-order valence-electron chi connectivity index (χ1n) is 5.58. The Labute approximate surface area is 93.4 Å². The molecule has 0 aromatic carbocycles. The first-order valence-corrected chi connectivity index (χ1v) is 5.58. The van der Waals surface area contributed by atoms with Crippen LogP contribution in [-0.4, -0.2) is 29.2 Å². The number of aliphatic imine (C=N–C) groups is 1. The van der Waals surface area contributed by atoms with Crippen molar-refractivity contribution in [2.75, 3.05) is 6.54 Å². The lowest BCUT2D eigenvalue weighted by molar-refractivity contribution is 0.389. The van der Waals surface area contributed by atoms with E-state index in [4.69, 9.17) is 5.41 Å². The maximum atomic E-state index is 7.89. The van der Waals surface area contributed by atoms with Gasteiger partial charge in [-0.2, -0.15) is 0 Å². The molecule has 0 radical (unpaired) electrons. The van der Waals surface area contributed by atoms with Crippen molar-refractivity contribution in [3.8, 4) is 0 Å². The van der Waals surface area contributed by atoms with Crippen LogP contribution in [0.3, 0.4) is 0 Å². The molecule has 1 unspecified atom stereocenters. The molecule has 3 heteroatoms. The highest BCUT2D eigenvalue weighted by Crippen LogP contribution is 2.03. The largest absolute Gasteiger partial charge is 0.335 e. The Balaban J connectivity index is 4.61. The molecule has 0 aliphatic carbocycles. The summed E-state index contributed by atoms with van der Waals surface area (Å²) in [6, 6.07) is 0.237. The number of allylic oxidation sites excluding steroid dienone is 1. The fourth-order valence-corrected chi connectivity index (χ4v) is 1.34. The number of rotatable bonds is 4. The van der Waals surface area contributed by atoms with Crippen molar-refractivity contribution in [1.82, 2.24) is 4.90 Å². The predicted molar refractivity (Wildman–Crippen MR) is 67.8 cm³/mol. The van der Waals surface area contributed by atoms with Gasteiger partial charge in [-0.3, -0.25) is 5.41 Å². The Bertz CT molecular complexity index is 254. The van der Waals surface area contributed by atoms with E-state index in [0.29, 0.717) is 5.96 Å². The summed E-state index contributed by atoms with van der Waals surface area (Å²) in [6.45, 7) is 10.9. The lowest BCUT2D eigenvalue weighted by Crippen LogP contribution is -2.36. The van der Waals surface area contributed by atoms with Gasteiger partial charge in [-0.1, -0.05) is 19.1 Å². The second-order valence-corrected chi connectivity index (χ2v) is 3.58. The molecule has 0 heterocycles. The summed E-state index contributed by atoms with van der Waals surface area (Å²) in [4.78, 5) is 6.23. The topological polar surface area (TPSA) is 39.5 Å². The van der Waals surface area contributed by atoms with Crippen LogP contribution in [0.1, 0.15) is 41.0 Å². The van der Waals surface area contributed by atoms with E-state index < -0.39 is 0 Å². The molecule has 86 valence electrons. The van der Waals surface area contributed by atoms with E-state index in [-0.39, 0.29) is 6.04 Å². The third-order valence-electron chi connectivity index (χ3n) is 2.38. The molecule has 0 bridgehead atoms. The van der Waals surface area contributed by atoms with Crippen LogP contribution in [0.4, 0.5) is 0 Å². The van der Waals surface area contributed by atoms with E-state index in [1.807, 2.05) is 31.7 Å². The molecule has 0 amide bonds. The minimum Gasteiger partial charge on any atom is -0.335 e. The Kier molecular flexibility index (Phi) is 6.67. The standard InChI is InChI=1S/C12H23N3/c1-6-9-11(5)15(8-3)12(13)14-10(4)7-2/h6,9,11,13H,7-8H2,1-5H3. The van der Waals surface area contributed by atoms with Crippen LogP contribution in [0.15, 0.2) is 17.1 Å². The quantitative estimate of drug-likeness (QED) is 0.431.